The zero-order valence-corrected chi connectivity index (χ0v) is 14.4. The molecule has 0 atom stereocenters. The summed E-state index contributed by atoms with van der Waals surface area (Å²) in [4.78, 5) is 14.2. The van der Waals surface area contributed by atoms with Crippen LogP contribution in [0.3, 0.4) is 0 Å². The van der Waals surface area contributed by atoms with Gasteiger partial charge in [-0.25, -0.2) is 0 Å². The summed E-state index contributed by atoms with van der Waals surface area (Å²) in [5.41, 5.74) is 2.84. The number of thioether (sulfide) groups is 1. The van der Waals surface area contributed by atoms with Gasteiger partial charge in [0.05, 0.1) is 0 Å². The number of aryl methyl sites for hydroxylation is 1. The number of hydrogen-bond donors (Lipinski definition) is 1. The predicted octanol–water partition coefficient (Wildman–Crippen LogP) is 2.71. The molecule has 3 rings (SSSR count). The number of H-pyrrole nitrogens is 1. The molecule has 0 saturated heterocycles. The molecule has 0 saturated carbocycles. The van der Waals surface area contributed by atoms with Gasteiger partial charge >= 0.3 is 0 Å². The van der Waals surface area contributed by atoms with Gasteiger partial charge in [0.2, 0.25) is 5.16 Å². The van der Waals surface area contributed by atoms with E-state index < -0.39 is 0 Å². The predicted molar refractivity (Wildman–Crippen MR) is 90.8 cm³/mol. The summed E-state index contributed by atoms with van der Waals surface area (Å²) in [5, 5.41) is 12.9. The first-order valence-corrected chi connectivity index (χ1v) is 8.38. The van der Waals surface area contributed by atoms with Crippen molar-refractivity contribution in [3.8, 4) is 0 Å². The molecule has 0 fully saturated rings. The van der Waals surface area contributed by atoms with Crippen molar-refractivity contribution in [3.05, 3.63) is 51.4 Å². The van der Waals surface area contributed by atoms with Gasteiger partial charge in [-0.1, -0.05) is 56.8 Å². The van der Waals surface area contributed by atoms with Crippen LogP contribution in [0.1, 0.15) is 37.6 Å². The van der Waals surface area contributed by atoms with Crippen molar-refractivity contribution >= 4 is 17.5 Å². The highest BCUT2D eigenvalue weighted by Gasteiger charge is 2.13. The van der Waals surface area contributed by atoms with E-state index in [4.69, 9.17) is 0 Å². The summed E-state index contributed by atoms with van der Waals surface area (Å²) < 4.78 is 1.57. The maximum atomic E-state index is 11.5. The average molecular weight is 329 g/mol. The van der Waals surface area contributed by atoms with Crippen molar-refractivity contribution in [2.24, 2.45) is 0 Å². The van der Waals surface area contributed by atoms with Gasteiger partial charge in [-0.2, -0.15) is 9.61 Å². The molecule has 0 radical (unpaired) electrons. The van der Waals surface area contributed by atoms with Crippen LogP contribution in [-0.2, 0) is 11.2 Å². The Morgan fingerprint density at radius 1 is 1.17 bits per heavy atom. The molecular formula is C16H19N5OS. The number of benzene rings is 1. The van der Waals surface area contributed by atoms with Crippen LogP contribution < -0.4 is 5.56 Å². The zero-order chi connectivity index (χ0) is 16.6. The second-order valence-corrected chi connectivity index (χ2v) is 7.44. The first kappa shape index (κ1) is 15.7. The quantitative estimate of drug-likeness (QED) is 0.748. The van der Waals surface area contributed by atoms with E-state index in [1.54, 1.807) is 23.2 Å². The van der Waals surface area contributed by atoms with E-state index in [1.165, 1.54) is 11.1 Å². The van der Waals surface area contributed by atoms with Crippen LogP contribution in [0, 0.1) is 6.92 Å². The molecule has 1 N–H and O–H groups in total. The molecule has 7 heteroatoms. The molecular weight excluding hydrogens is 310 g/mol. The SMILES string of the molecule is Cc1nn2c(SCc3ccc(C(C)(C)C)cc3)nnc2[nH]c1=O. The van der Waals surface area contributed by atoms with E-state index >= 15 is 0 Å². The number of nitrogens with zero attached hydrogens (tertiary/aromatic N) is 4. The summed E-state index contributed by atoms with van der Waals surface area (Å²) in [6.45, 7) is 8.27. The highest BCUT2D eigenvalue weighted by atomic mass is 32.2. The second-order valence-electron chi connectivity index (χ2n) is 6.49. The standard InChI is InChI=1S/C16H19N5OS/c1-10-13(22)17-14-18-19-15(21(14)20-10)23-9-11-5-7-12(8-6-11)16(2,3)4/h5-8H,9H2,1-4H3,(H,17,18,22). The fourth-order valence-electron chi connectivity index (χ4n) is 2.16. The molecule has 3 aromatic rings. The summed E-state index contributed by atoms with van der Waals surface area (Å²) in [6.07, 6.45) is 0. The number of hydrogen-bond acceptors (Lipinski definition) is 5. The lowest BCUT2D eigenvalue weighted by molar-refractivity contribution is 0.590. The Hall–Kier alpha value is -2.15. The van der Waals surface area contributed by atoms with Gasteiger partial charge in [0.15, 0.2) is 0 Å². The minimum absolute atomic E-state index is 0.155. The monoisotopic (exact) mass is 329 g/mol. The van der Waals surface area contributed by atoms with E-state index in [-0.39, 0.29) is 11.0 Å². The molecule has 0 aliphatic carbocycles. The van der Waals surface area contributed by atoms with Crippen molar-refractivity contribution in [1.82, 2.24) is 24.8 Å². The van der Waals surface area contributed by atoms with E-state index in [9.17, 15) is 4.79 Å². The van der Waals surface area contributed by atoms with E-state index in [0.29, 0.717) is 16.6 Å². The van der Waals surface area contributed by atoms with Crippen LogP contribution >= 0.6 is 11.8 Å². The molecule has 23 heavy (non-hydrogen) atoms. The summed E-state index contributed by atoms with van der Waals surface area (Å²) in [5.74, 6) is 1.14. The lowest BCUT2D eigenvalue weighted by Gasteiger charge is -2.19. The first-order chi connectivity index (χ1) is 10.8. The smallest absolute Gasteiger partial charge is 0.273 e. The van der Waals surface area contributed by atoms with E-state index in [1.807, 2.05) is 0 Å². The minimum Gasteiger partial charge on any atom is -0.288 e. The molecule has 2 aromatic heterocycles. The molecule has 0 spiro atoms. The van der Waals surface area contributed by atoms with Crippen LogP contribution in [-0.4, -0.2) is 24.8 Å². The molecule has 1 aromatic carbocycles. The fraction of sp³-hybridized carbons (Fsp3) is 0.375. The average Bonchev–Trinajstić information content (AvgIpc) is 2.87. The number of nitrogens with one attached hydrogen (secondary N) is 1. The Bertz CT molecular complexity index is 889. The van der Waals surface area contributed by atoms with Crippen LogP contribution in [0.5, 0.6) is 0 Å². The zero-order valence-electron chi connectivity index (χ0n) is 13.6. The molecule has 0 amide bonds. The van der Waals surface area contributed by atoms with Gasteiger partial charge in [-0.3, -0.25) is 9.78 Å². The lowest BCUT2D eigenvalue weighted by atomic mass is 9.87. The van der Waals surface area contributed by atoms with Gasteiger partial charge in [0.1, 0.15) is 5.69 Å². The largest absolute Gasteiger partial charge is 0.288 e. The molecule has 0 aliphatic heterocycles. The van der Waals surface area contributed by atoms with Crippen molar-refractivity contribution in [3.63, 3.8) is 0 Å². The van der Waals surface area contributed by atoms with Gasteiger partial charge in [0.25, 0.3) is 11.3 Å². The first-order valence-electron chi connectivity index (χ1n) is 7.39. The van der Waals surface area contributed by atoms with Crippen molar-refractivity contribution < 1.29 is 0 Å². The lowest BCUT2D eigenvalue weighted by Crippen LogP contribution is -2.15. The molecule has 120 valence electrons. The number of aromatic amines is 1. The third kappa shape index (κ3) is 3.29. The highest BCUT2D eigenvalue weighted by Crippen LogP contribution is 2.25. The Morgan fingerprint density at radius 3 is 2.52 bits per heavy atom. The third-order valence-electron chi connectivity index (χ3n) is 3.60. The number of rotatable bonds is 3. The van der Waals surface area contributed by atoms with Crippen LogP contribution in [0.15, 0.2) is 34.2 Å². The van der Waals surface area contributed by atoms with Gasteiger partial charge < -0.3 is 0 Å². The van der Waals surface area contributed by atoms with Crippen LogP contribution in [0.25, 0.3) is 5.78 Å². The Labute approximate surface area is 138 Å². The van der Waals surface area contributed by atoms with Crippen molar-refractivity contribution in [1.29, 1.82) is 0 Å². The Kier molecular flexibility index (Phi) is 3.97. The molecule has 2 heterocycles. The van der Waals surface area contributed by atoms with Gasteiger partial charge in [0, 0.05) is 5.75 Å². The van der Waals surface area contributed by atoms with Gasteiger partial charge in [-0.05, 0) is 23.5 Å². The van der Waals surface area contributed by atoms with Crippen molar-refractivity contribution in [2.45, 2.75) is 44.0 Å². The molecule has 0 unspecified atom stereocenters. The third-order valence-corrected chi connectivity index (χ3v) is 4.59. The maximum absolute atomic E-state index is 11.5. The number of aromatic nitrogens is 5. The molecule has 6 nitrogen and oxygen atoms in total. The second kappa shape index (κ2) is 5.81. The topological polar surface area (TPSA) is 75.9 Å². The van der Waals surface area contributed by atoms with Crippen molar-refractivity contribution in [2.75, 3.05) is 0 Å². The van der Waals surface area contributed by atoms with Gasteiger partial charge in [-0.15, -0.1) is 10.2 Å². The summed E-state index contributed by atoms with van der Waals surface area (Å²) in [6, 6.07) is 8.60. The molecule has 0 aliphatic rings. The minimum atomic E-state index is -0.237. The normalized spacial score (nSPS) is 12.0. The summed E-state index contributed by atoms with van der Waals surface area (Å²) >= 11 is 1.54. The van der Waals surface area contributed by atoms with Crippen LogP contribution in [0.4, 0.5) is 0 Å². The fourth-order valence-corrected chi connectivity index (χ4v) is 3.00. The number of fused-ring (bicyclic) bond motifs is 1. The van der Waals surface area contributed by atoms with Crippen LogP contribution in [0.2, 0.25) is 0 Å². The summed E-state index contributed by atoms with van der Waals surface area (Å²) in [7, 11) is 0. The Balaban J connectivity index is 1.78. The van der Waals surface area contributed by atoms with E-state index in [2.05, 4.69) is 65.3 Å². The highest BCUT2D eigenvalue weighted by molar-refractivity contribution is 7.98. The maximum Gasteiger partial charge on any atom is 0.273 e. The molecule has 0 bridgehead atoms. The van der Waals surface area contributed by atoms with E-state index in [0.717, 1.165) is 5.75 Å². The Morgan fingerprint density at radius 2 is 1.87 bits per heavy atom.